The van der Waals surface area contributed by atoms with Crippen LogP contribution in [0.1, 0.15) is 15.9 Å². The molecule has 3 N–H and O–H groups in total. The van der Waals surface area contributed by atoms with Crippen molar-refractivity contribution in [3.63, 3.8) is 0 Å². The maximum atomic E-state index is 14.0. The maximum Gasteiger partial charge on any atom is 0.272 e. The van der Waals surface area contributed by atoms with E-state index in [-0.39, 0.29) is 23.0 Å². The molecule has 0 unspecified atom stereocenters. The van der Waals surface area contributed by atoms with Gasteiger partial charge in [0.25, 0.3) is 11.8 Å². The van der Waals surface area contributed by atoms with E-state index >= 15 is 0 Å². The molecule has 9 nitrogen and oxygen atoms in total. The van der Waals surface area contributed by atoms with Crippen molar-refractivity contribution in [1.82, 2.24) is 5.32 Å². The first-order valence-electron chi connectivity index (χ1n) is 13.4. The van der Waals surface area contributed by atoms with Crippen LogP contribution in [0.5, 0.6) is 17.2 Å². The molecule has 0 atom stereocenters. The molecule has 232 valence electrons. The van der Waals surface area contributed by atoms with Crippen molar-refractivity contribution in [2.45, 2.75) is 4.90 Å². The number of rotatable bonds is 12. The lowest BCUT2D eigenvalue weighted by Crippen LogP contribution is -2.30. The van der Waals surface area contributed by atoms with Crippen LogP contribution in [-0.4, -0.2) is 44.8 Å². The molecule has 0 heterocycles. The highest BCUT2D eigenvalue weighted by molar-refractivity contribution is 9.10. The summed E-state index contributed by atoms with van der Waals surface area (Å²) >= 11 is 4.43. The van der Waals surface area contributed by atoms with Crippen LogP contribution in [-0.2, 0) is 9.59 Å². The Hall–Kier alpha value is -4.81. The molecule has 4 aromatic rings. The van der Waals surface area contributed by atoms with Crippen LogP contribution < -0.4 is 30.2 Å². The van der Waals surface area contributed by atoms with Crippen molar-refractivity contribution < 1.29 is 33.0 Å². The molecule has 12 heteroatoms. The van der Waals surface area contributed by atoms with Crippen LogP contribution in [0.15, 0.2) is 100.0 Å². The standard InChI is InChI=1S/C33H29BrFN3O6S/c1-42-28-16-20(17-29(43-2)31(28)44-3)15-27(38-32(40)21-7-5-4-6-8-21)33(41)36-23-10-12-24(13-11-23)45-19-30(39)37-26-14-9-22(34)18-25(26)35/h4-18H,19H2,1-3H3,(H,36,41)(H,37,39)(H,38,40)/b27-15-. The minimum atomic E-state index is -0.579. The molecule has 0 bridgehead atoms. The van der Waals surface area contributed by atoms with Gasteiger partial charge in [0.05, 0.1) is 32.8 Å². The van der Waals surface area contributed by atoms with Gasteiger partial charge in [-0.15, -0.1) is 11.8 Å². The van der Waals surface area contributed by atoms with E-state index in [4.69, 9.17) is 14.2 Å². The predicted molar refractivity (Wildman–Crippen MR) is 177 cm³/mol. The largest absolute Gasteiger partial charge is 0.493 e. The van der Waals surface area contributed by atoms with Gasteiger partial charge in [-0.3, -0.25) is 14.4 Å². The number of hydrogen-bond donors (Lipinski definition) is 3. The number of methoxy groups -OCH3 is 3. The lowest BCUT2D eigenvalue weighted by Gasteiger charge is -2.15. The van der Waals surface area contributed by atoms with Crippen LogP contribution in [0, 0.1) is 5.82 Å². The van der Waals surface area contributed by atoms with Gasteiger partial charge in [0, 0.05) is 20.6 Å². The van der Waals surface area contributed by atoms with Crippen molar-refractivity contribution in [3.05, 3.63) is 112 Å². The van der Waals surface area contributed by atoms with E-state index in [1.807, 2.05) is 0 Å². The zero-order valence-corrected chi connectivity index (χ0v) is 26.9. The lowest BCUT2D eigenvalue weighted by atomic mass is 10.1. The number of halogens is 2. The summed E-state index contributed by atoms with van der Waals surface area (Å²) < 4.78 is 30.8. The first-order valence-corrected chi connectivity index (χ1v) is 15.2. The number of thioether (sulfide) groups is 1. The summed E-state index contributed by atoms with van der Waals surface area (Å²) in [7, 11) is 4.44. The fourth-order valence-electron chi connectivity index (χ4n) is 4.05. The van der Waals surface area contributed by atoms with E-state index in [0.29, 0.717) is 38.5 Å². The number of nitrogens with one attached hydrogen (secondary N) is 3. The summed E-state index contributed by atoms with van der Waals surface area (Å²) in [6.07, 6.45) is 1.50. The normalized spacial score (nSPS) is 10.9. The van der Waals surface area contributed by atoms with Crippen molar-refractivity contribution in [1.29, 1.82) is 0 Å². The monoisotopic (exact) mass is 693 g/mol. The third kappa shape index (κ3) is 9.10. The van der Waals surface area contributed by atoms with Gasteiger partial charge >= 0.3 is 0 Å². The Morgan fingerprint density at radius 1 is 0.844 bits per heavy atom. The molecule has 0 aliphatic heterocycles. The minimum absolute atomic E-state index is 0.0339. The number of carbonyl (C=O) groups excluding carboxylic acids is 3. The van der Waals surface area contributed by atoms with E-state index in [1.165, 1.54) is 51.3 Å². The van der Waals surface area contributed by atoms with Crippen LogP contribution in [0.2, 0.25) is 0 Å². The lowest BCUT2D eigenvalue weighted by molar-refractivity contribution is -0.114. The summed E-state index contributed by atoms with van der Waals surface area (Å²) in [4.78, 5) is 39.6. The number of carbonyl (C=O) groups is 3. The smallest absolute Gasteiger partial charge is 0.272 e. The first kappa shape index (κ1) is 33.1. The molecule has 0 aromatic heterocycles. The summed E-state index contributed by atoms with van der Waals surface area (Å²) in [5, 5.41) is 8.04. The number of ether oxygens (including phenoxy) is 3. The molecule has 45 heavy (non-hydrogen) atoms. The van der Waals surface area contributed by atoms with Crippen LogP contribution >= 0.6 is 27.7 Å². The molecule has 0 fully saturated rings. The van der Waals surface area contributed by atoms with Gasteiger partial charge in [-0.05, 0) is 78.4 Å². The molecule has 4 aromatic carbocycles. The Balaban J connectivity index is 1.49. The molecule has 0 saturated carbocycles. The number of hydrogen-bond acceptors (Lipinski definition) is 7. The second kappa shape index (κ2) is 15.8. The van der Waals surface area contributed by atoms with Crippen molar-refractivity contribution in [2.24, 2.45) is 0 Å². The molecule has 0 radical (unpaired) electrons. The summed E-state index contributed by atoms with van der Waals surface area (Å²) in [5.41, 5.74) is 1.39. The summed E-state index contributed by atoms with van der Waals surface area (Å²) in [6, 6.07) is 23.0. The summed E-state index contributed by atoms with van der Waals surface area (Å²) in [6.45, 7) is 0. The highest BCUT2D eigenvalue weighted by Crippen LogP contribution is 2.38. The van der Waals surface area contributed by atoms with Crippen LogP contribution in [0.4, 0.5) is 15.8 Å². The highest BCUT2D eigenvalue weighted by Gasteiger charge is 2.18. The van der Waals surface area contributed by atoms with E-state index in [0.717, 1.165) is 4.90 Å². The van der Waals surface area contributed by atoms with Crippen LogP contribution in [0.25, 0.3) is 6.08 Å². The Labute approximate surface area is 272 Å². The predicted octanol–water partition coefficient (Wildman–Crippen LogP) is 6.75. The molecular formula is C33H29BrFN3O6S. The number of anilines is 2. The third-order valence-corrected chi connectivity index (χ3v) is 7.72. The highest BCUT2D eigenvalue weighted by atomic mass is 79.9. The zero-order chi connectivity index (χ0) is 32.3. The van der Waals surface area contributed by atoms with Gasteiger partial charge in [-0.1, -0.05) is 34.1 Å². The fourth-order valence-corrected chi connectivity index (χ4v) is 5.08. The second-order valence-electron chi connectivity index (χ2n) is 9.28. The SMILES string of the molecule is COc1cc(/C=C(\NC(=O)c2ccccc2)C(=O)Nc2ccc(SCC(=O)Nc3ccc(Br)cc3F)cc2)cc(OC)c1OC. The van der Waals surface area contributed by atoms with Gasteiger partial charge in [0.15, 0.2) is 11.5 Å². The molecule has 0 spiro atoms. The van der Waals surface area contributed by atoms with Gasteiger partial charge in [-0.2, -0.15) is 0 Å². The Bertz CT molecular complexity index is 1690. The van der Waals surface area contributed by atoms with E-state index in [9.17, 15) is 18.8 Å². The number of amides is 3. The second-order valence-corrected chi connectivity index (χ2v) is 11.2. The Morgan fingerprint density at radius 2 is 1.51 bits per heavy atom. The van der Waals surface area contributed by atoms with E-state index < -0.39 is 17.6 Å². The average Bonchev–Trinajstić information content (AvgIpc) is 3.05. The van der Waals surface area contributed by atoms with Gasteiger partial charge < -0.3 is 30.2 Å². The minimum Gasteiger partial charge on any atom is -0.493 e. The number of benzene rings is 4. The molecule has 3 amide bonds. The first-order chi connectivity index (χ1) is 21.7. The Kier molecular flexibility index (Phi) is 11.6. The van der Waals surface area contributed by atoms with Crippen molar-refractivity contribution in [3.8, 4) is 17.2 Å². The van der Waals surface area contributed by atoms with Gasteiger partial charge in [-0.25, -0.2) is 4.39 Å². The molecule has 0 aliphatic rings. The molecule has 0 aliphatic carbocycles. The molecule has 4 rings (SSSR count). The Morgan fingerprint density at radius 3 is 2.11 bits per heavy atom. The molecule has 0 saturated heterocycles. The topological polar surface area (TPSA) is 115 Å². The van der Waals surface area contributed by atoms with Gasteiger partial charge in [0.2, 0.25) is 11.7 Å². The third-order valence-electron chi connectivity index (χ3n) is 6.21. The van der Waals surface area contributed by atoms with Crippen LogP contribution in [0.3, 0.4) is 0 Å². The fraction of sp³-hybridized carbons (Fsp3) is 0.121. The van der Waals surface area contributed by atoms with E-state index in [2.05, 4.69) is 31.9 Å². The zero-order valence-electron chi connectivity index (χ0n) is 24.5. The quantitative estimate of drug-likeness (QED) is 0.111. The summed E-state index contributed by atoms with van der Waals surface area (Å²) in [5.74, 6) is -0.777. The maximum absolute atomic E-state index is 14.0. The van der Waals surface area contributed by atoms with Crippen molar-refractivity contribution >= 4 is 62.9 Å². The average molecular weight is 695 g/mol. The van der Waals surface area contributed by atoms with E-state index in [1.54, 1.807) is 72.8 Å². The molecular weight excluding hydrogens is 665 g/mol. The van der Waals surface area contributed by atoms with Gasteiger partial charge in [0.1, 0.15) is 11.5 Å². The van der Waals surface area contributed by atoms with Crippen molar-refractivity contribution in [2.75, 3.05) is 37.7 Å².